The Labute approximate surface area is 310 Å². The molecule has 0 aliphatic heterocycles. The lowest BCUT2D eigenvalue weighted by atomic mass is 9.93. The van der Waals surface area contributed by atoms with Crippen molar-refractivity contribution in [3.63, 3.8) is 0 Å². The molecule has 0 saturated carbocycles. The van der Waals surface area contributed by atoms with Crippen molar-refractivity contribution < 1.29 is 0 Å². The van der Waals surface area contributed by atoms with Crippen LogP contribution in [0.3, 0.4) is 0 Å². The van der Waals surface area contributed by atoms with Crippen LogP contribution in [0.1, 0.15) is 0 Å². The van der Waals surface area contributed by atoms with E-state index in [1.807, 2.05) is 72.0 Å². The maximum absolute atomic E-state index is 5.36. The largest absolute Gasteiger partial charge is 0.247 e. The first-order valence-corrected chi connectivity index (χ1v) is 18.5. The summed E-state index contributed by atoms with van der Waals surface area (Å²) in [5.74, 6) is 1.90. The molecule has 0 spiro atoms. The molecule has 5 heteroatoms. The van der Waals surface area contributed by atoms with Crippen molar-refractivity contribution in [1.29, 1.82) is 0 Å². The Hall–Kier alpha value is -6.82. The first kappa shape index (κ1) is 31.0. The molecular formula is C48H30N4S. The van der Waals surface area contributed by atoms with Crippen molar-refractivity contribution in [2.24, 2.45) is 0 Å². The molecule has 3 aromatic heterocycles. The molecule has 0 aliphatic rings. The van der Waals surface area contributed by atoms with Crippen LogP contribution in [-0.4, -0.2) is 19.9 Å². The van der Waals surface area contributed by atoms with Gasteiger partial charge in [-0.1, -0.05) is 164 Å². The van der Waals surface area contributed by atoms with Gasteiger partial charge in [0.05, 0.1) is 11.2 Å². The van der Waals surface area contributed by atoms with Gasteiger partial charge in [0.25, 0.3) is 0 Å². The van der Waals surface area contributed by atoms with Gasteiger partial charge < -0.3 is 0 Å². The van der Waals surface area contributed by atoms with Crippen LogP contribution in [0.2, 0.25) is 0 Å². The summed E-state index contributed by atoms with van der Waals surface area (Å²) in [7, 11) is 0. The second-order valence-electron chi connectivity index (χ2n) is 13.0. The van der Waals surface area contributed by atoms with E-state index in [1.165, 1.54) is 25.9 Å². The predicted octanol–water partition coefficient (Wildman–Crippen LogP) is 12.8. The summed E-state index contributed by atoms with van der Waals surface area (Å²) in [6.45, 7) is 0. The highest BCUT2D eigenvalue weighted by Gasteiger charge is 2.23. The van der Waals surface area contributed by atoms with E-state index in [0.29, 0.717) is 17.5 Å². The minimum absolute atomic E-state index is 0.623. The van der Waals surface area contributed by atoms with E-state index in [-0.39, 0.29) is 0 Å². The number of hydrogen-bond acceptors (Lipinski definition) is 5. The molecule has 3 heterocycles. The topological polar surface area (TPSA) is 51.6 Å². The summed E-state index contributed by atoms with van der Waals surface area (Å²) in [5, 5.41) is 4.72. The zero-order chi connectivity index (χ0) is 35.1. The van der Waals surface area contributed by atoms with Gasteiger partial charge in [-0.2, -0.15) is 0 Å². The Balaban J connectivity index is 1.26. The molecule has 10 rings (SSSR count). The number of hydrogen-bond donors (Lipinski definition) is 0. The highest BCUT2D eigenvalue weighted by Crippen LogP contribution is 2.50. The van der Waals surface area contributed by atoms with E-state index >= 15 is 0 Å². The molecule has 10 aromatic rings. The zero-order valence-electron chi connectivity index (χ0n) is 28.5. The number of para-hydroxylation sites is 1. The zero-order valence-corrected chi connectivity index (χ0v) is 29.3. The third-order valence-corrected chi connectivity index (χ3v) is 11.0. The van der Waals surface area contributed by atoms with Crippen LogP contribution in [0.25, 0.3) is 98.7 Å². The molecule has 7 aromatic carbocycles. The number of pyridine rings is 1. The predicted molar refractivity (Wildman–Crippen MR) is 221 cm³/mol. The van der Waals surface area contributed by atoms with Crippen LogP contribution >= 0.6 is 11.3 Å². The van der Waals surface area contributed by atoms with Gasteiger partial charge in [-0.05, 0) is 40.1 Å². The number of rotatable bonds is 6. The molecule has 0 fully saturated rings. The van der Waals surface area contributed by atoms with Crippen LogP contribution < -0.4 is 0 Å². The molecule has 0 N–H and O–H groups in total. The first-order chi connectivity index (χ1) is 26.3. The molecule has 53 heavy (non-hydrogen) atoms. The lowest BCUT2D eigenvalue weighted by Gasteiger charge is -2.13. The molecule has 0 bridgehead atoms. The van der Waals surface area contributed by atoms with Crippen molar-refractivity contribution in [2.75, 3.05) is 0 Å². The number of fused-ring (bicyclic) bond motifs is 4. The number of nitrogens with zero attached hydrogens (tertiary/aromatic N) is 4. The normalized spacial score (nSPS) is 11.4. The minimum atomic E-state index is 0.623. The van der Waals surface area contributed by atoms with Gasteiger partial charge in [-0.3, -0.25) is 0 Å². The van der Waals surface area contributed by atoms with Crippen LogP contribution in [0.4, 0.5) is 0 Å². The summed E-state index contributed by atoms with van der Waals surface area (Å²) in [6.07, 6.45) is 0. The van der Waals surface area contributed by atoms with Gasteiger partial charge in [0.15, 0.2) is 17.5 Å². The lowest BCUT2D eigenvalue weighted by Crippen LogP contribution is -2.00. The molecule has 0 radical (unpaired) electrons. The Morgan fingerprint density at radius 2 is 0.906 bits per heavy atom. The highest BCUT2D eigenvalue weighted by atomic mass is 32.1. The fourth-order valence-electron chi connectivity index (χ4n) is 7.15. The van der Waals surface area contributed by atoms with Crippen molar-refractivity contribution >= 4 is 43.1 Å². The SMILES string of the molecule is c1ccc(-c2nc(-c3ccccc3)nc(-c3cccc(-c4c(-c5ccc6ccccc6c5)sc5c4c(-c4ccccc4)nc4ccccc45)c3)n2)cc1. The third kappa shape index (κ3) is 5.64. The van der Waals surface area contributed by atoms with Crippen LogP contribution in [0.15, 0.2) is 182 Å². The van der Waals surface area contributed by atoms with Gasteiger partial charge in [0.2, 0.25) is 0 Å². The Morgan fingerprint density at radius 1 is 0.358 bits per heavy atom. The summed E-state index contributed by atoms with van der Waals surface area (Å²) in [6, 6.07) is 63.3. The molecular weight excluding hydrogens is 665 g/mol. The van der Waals surface area contributed by atoms with Gasteiger partial charge in [0.1, 0.15) is 0 Å². The van der Waals surface area contributed by atoms with Crippen LogP contribution in [0.5, 0.6) is 0 Å². The Bertz CT molecular complexity index is 2880. The summed E-state index contributed by atoms with van der Waals surface area (Å²) in [5.41, 5.74) is 9.24. The quantitative estimate of drug-likeness (QED) is 0.174. The summed E-state index contributed by atoms with van der Waals surface area (Å²) in [4.78, 5) is 21.6. The second kappa shape index (κ2) is 13.1. The molecule has 248 valence electrons. The van der Waals surface area contributed by atoms with Gasteiger partial charge in [0, 0.05) is 48.2 Å². The monoisotopic (exact) mass is 694 g/mol. The minimum Gasteiger partial charge on any atom is -0.247 e. The van der Waals surface area contributed by atoms with Gasteiger partial charge >= 0.3 is 0 Å². The van der Waals surface area contributed by atoms with Crippen LogP contribution in [-0.2, 0) is 0 Å². The van der Waals surface area contributed by atoms with E-state index in [2.05, 4.69) is 121 Å². The fourth-order valence-corrected chi connectivity index (χ4v) is 8.51. The Kier molecular flexibility index (Phi) is 7.63. The lowest BCUT2D eigenvalue weighted by molar-refractivity contribution is 1.07. The molecule has 0 aliphatic carbocycles. The summed E-state index contributed by atoms with van der Waals surface area (Å²) >= 11 is 1.84. The van der Waals surface area contributed by atoms with Gasteiger partial charge in [-0.15, -0.1) is 11.3 Å². The van der Waals surface area contributed by atoms with E-state index < -0.39 is 0 Å². The molecule has 0 unspecified atom stereocenters. The highest BCUT2D eigenvalue weighted by molar-refractivity contribution is 7.24. The summed E-state index contributed by atoms with van der Waals surface area (Å²) < 4.78 is 1.22. The maximum Gasteiger partial charge on any atom is 0.164 e. The van der Waals surface area contributed by atoms with E-state index in [9.17, 15) is 0 Å². The van der Waals surface area contributed by atoms with Gasteiger partial charge in [-0.25, -0.2) is 19.9 Å². The molecule has 4 nitrogen and oxygen atoms in total. The average Bonchev–Trinajstić information content (AvgIpc) is 3.65. The number of thiophene rings is 1. The molecule has 0 amide bonds. The maximum atomic E-state index is 5.36. The van der Waals surface area contributed by atoms with Crippen molar-refractivity contribution in [3.8, 4) is 67.0 Å². The number of aromatic nitrogens is 4. The van der Waals surface area contributed by atoms with Crippen molar-refractivity contribution in [3.05, 3.63) is 182 Å². The third-order valence-electron chi connectivity index (χ3n) is 9.69. The van der Waals surface area contributed by atoms with Crippen LogP contribution in [0, 0.1) is 0 Å². The van der Waals surface area contributed by atoms with Crippen molar-refractivity contribution in [2.45, 2.75) is 0 Å². The fraction of sp³-hybridized carbons (Fsp3) is 0. The average molecular weight is 695 g/mol. The first-order valence-electron chi connectivity index (χ1n) is 17.6. The molecule has 0 saturated heterocycles. The van der Waals surface area contributed by atoms with Crippen molar-refractivity contribution in [1.82, 2.24) is 19.9 Å². The van der Waals surface area contributed by atoms with E-state index in [1.54, 1.807) is 0 Å². The number of benzene rings is 7. The second-order valence-corrected chi connectivity index (χ2v) is 14.1. The van der Waals surface area contributed by atoms with E-state index in [0.717, 1.165) is 55.4 Å². The van der Waals surface area contributed by atoms with E-state index in [4.69, 9.17) is 19.9 Å². The Morgan fingerprint density at radius 3 is 1.60 bits per heavy atom. The standard InChI is InChI=1S/C48H30N4S/c1-4-16-32(17-5-1)43-42-41(44(37-28-27-31-15-10-11-22-35(31)29-37)53-45(42)39-25-12-13-26-40(39)49-43)36-23-14-24-38(30-36)48-51-46(33-18-6-2-7-19-33)50-47(52-48)34-20-8-3-9-21-34/h1-30H. The smallest absolute Gasteiger partial charge is 0.164 e. The molecule has 0 atom stereocenters.